The topological polar surface area (TPSA) is 41.7 Å². The summed E-state index contributed by atoms with van der Waals surface area (Å²) < 4.78 is 11.7. The second kappa shape index (κ2) is 6.96. The molecule has 0 aromatic carbocycles. The van der Waals surface area contributed by atoms with Crippen molar-refractivity contribution in [1.82, 2.24) is 14.8 Å². The summed E-state index contributed by atoms with van der Waals surface area (Å²) in [5, 5.41) is 0. The van der Waals surface area contributed by atoms with Crippen molar-refractivity contribution in [2.24, 2.45) is 0 Å². The third-order valence-electron chi connectivity index (χ3n) is 4.82. The van der Waals surface area contributed by atoms with E-state index >= 15 is 0 Å². The molecule has 5 nitrogen and oxygen atoms in total. The Labute approximate surface area is 153 Å². The molecule has 0 amide bonds. The van der Waals surface area contributed by atoms with Crippen LogP contribution >= 0.6 is 0 Å². The van der Waals surface area contributed by atoms with Gasteiger partial charge in [0.05, 0.1) is 31.0 Å². The van der Waals surface area contributed by atoms with Crippen LogP contribution in [0.3, 0.4) is 0 Å². The Balaban J connectivity index is 1.74. The van der Waals surface area contributed by atoms with Crippen LogP contribution in [0.15, 0.2) is 47.3 Å². The Morgan fingerprint density at radius 3 is 2.81 bits per heavy atom. The molecule has 0 aliphatic carbocycles. The van der Waals surface area contributed by atoms with Crippen molar-refractivity contribution in [1.29, 1.82) is 0 Å². The average molecular weight is 349 g/mol. The van der Waals surface area contributed by atoms with E-state index in [1.54, 1.807) is 0 Å². The molecule has 0 atom stereocenters. The van der Waals surface area contributed by atoms with Crippen molar-refractivity contribution in [2.45, 2.75) is 13.5 Å². The third-order valence-corrected chi connectivity index (χ3v) is 4.82. The first-order valence-electron chi connectivity index (χ1n) is 8.87. The number of hydrogen-bond donors (Lipinski definition) is 0. The van der Waals surface area contributed by atoms with Gasteiger partial charge in [-0.25, -0.2) is 0 Å². The zero-order chi connectivity index (χ0) is 18.1. The van der Waals surface area contributed by atoms with Gasteiger partial charge in [-0.1, -0.05) is 6.58 Å². The largest absolute Gasteiger partial charge is 0.459 e. The molecule has 0 spiro atoms. The Hall–Kier alpha value is -2.59. The van der Waals surface area contributed by atoms with Crippen LogP contribution in [0.4, 0.5) is 0 Å². The second-order valence-electron chi connectivity index (χ2n) is 6.71. The van der Waals surface area contributed by atoms with Crippen molar-refractivity contribution >= 4 is 11.3 Å². The fourth-order valence-corrected chi connectivity index (χ4v) is 3.52. The maximum absolute atomic E-state index is 6.31. The number of nitrogens with zero attached hydrogens (tertiary/aromatic N) is 3. The number of pyridine rings is 1. The van der Waals surface area contributed by atoms with E-state index in [2.05, 4.69) is 45.4 Å². The van der Waals surface area contributed by atoms with E-state index in [0.717, 1.165) is 72.5 Å². The number of morpholine rings is 1. The summed E-state index contributed by atoms with van der Waals surface area (Å²) in [7, 11) is 2.01. The van der Waals surface area contributed by atoms with E-state index in [1.165, 1.54) is 0 Å². The fourth-order valence-electron chi connectivity index (χ4n) is 3.52. The highest BCUT2D eigenvalue weighted by atomic mass is 16.5. The van der Waals surface area contributed by atoms with Crippen molar-refractivity contribution in [2.75, 3.05) is 33.4 Å². The minimum Gasteiger partial charge on any atom is -0.459 e. The molecule has 26 heavy (non-hydrogen) atoms. The summed E-state index contributed by atoms with van der Waals surface area (Å²) >= 11 is 0. The summed E-state index contributed by atoms with van der Waals surface area (Å²) in [6, 6.07) is 6.22. The fraction of sp³-hybridized carbons (Fsp3) is 0.333. The van der Waals surface area contributed by atoms with Gasteiger partial charge in [0.15, 0.2) is 0 Å². The molecule has 2 aromatic rings. The Morgan fingerprint density at radius 2 is 2.08 bits per heavy atom. The lowest BCUT2D eigenvalue weighted by molar-refractivity contribution is 0.0313. The number of aromatic nitrogens is 1. The number of aryl methyl sites for hydroxylation is 1. The maximum atomic E-state index is 6.31. The number of rotatable bonds is 3. The molecule has 1 fully saturated rings. The van der Waals surface area contributed by atoms with Crippen LogP contribution in [0.5, 0.6) is 0 Å². The normalized spacial score (nSPS) is 17.7. The Morgan fingerprint density at radius 1 is 1.27 bits per heavy atom. The molecule has 4 rings (SSSR count). The lowest BCUT2D eigenvalue weighted by Crippen LogP contribution is -2.35. The molecule has 0 unspecified atom stereocenters. The highest BCUT2D eigenvalue weighted by Gasteiger charge is 2.27. The lowest BCUT2D eigenvalue weighted by Gasteiger charge is -2.25. The van der Waals surface area contributed by atoms with E-state index < -0.39 is 0 Å². The third kappa shape index (κ3) is 3.13. The zero-order valence-electron chi connectivity index (χ0n) is 15.3. The predicted molar refractivity (Wildman–Crippen MR) is 101 cm³/mol. The van der Waals surface area contributed by atoms with Crippen LogP contribution < -0.4 is 0 Å². The maximum Gasteiger partial charge on any atom is 0.146 e. The van der Waals surface area contributed by atoms with Gasteiger partial charge in [0.2, 0.25) is 0 Å². The average Bonchev–Trinajstić information content (AvgIpc) is 3.05. The summed E-state index contributed by atoms with van der Waals surface area (Å²) in [6.07, 6.45) is 3.91. The molecular weight excluding hydrogens is 326 g/mol. The van der Waals surface area contributed by atoms with Crippen LogP contribution in [0.2, 0.25) is 0 Å². The van der Waals surface area contributed by atoms with E-state index in [1.807, 2.05) is 26.2 Å². The SMILES string of the molecule is C=C=C1c2cc(CN3CCOCC3)oc2C(c2ccnc(C)c2)=CN1C. The Bertz CT molecular complexity index is 900. The Kier molecular flexibility index (Phi) is 4.51. The molecule has 2 aliphatic rings. The predicted octanol–water partition coefficient (Wildman–Crippen LogP) is 3.28. The standard InChI is InChI=1S/C21H23N3O2/c1-4-20-18-12-17(13-24-7-9-25-10-8-24)26-21(18)19(14-23(20)3)16-5-6-22-15(2)11-16/h5-6,11-12,14H,1,7-10,13H2,2-3H3. The van der Waals surface area contributed by atoms with Gasteiger partial charge in [-0.05, 0) is 30.7 Å². The van der Waals surface area contributed by atoms with Crippen LogP contribution in [-0.2, 0) is 11.3 Å². The molecule has 0 radical (unpaired) electrons. The van der Waals surface area contributed by atoms with Crippen LogP contribution in [-0.4, -0.2) is 48.1 Å². The molecule has 2 aliphatic heterocycles. The van der Waals surface area contributed by atoms with Crippen LogP contribution in [0.25, 0.3) is 11.3 Å². The lowest BCUT2D eigenvalue weighted by atomic mass is 9.97. The summed E-state index contributed by atoms with van der Waals surface area (Å²) in [4.78, 5) is 8.71. The minimum atomic E-state index is 0.780. The highest BCUT2D eigenvalue weighted by molar-refractivity contribution is 5.88. The second-order valence-corrected chi connectivity index (χ2v) is 6.71. The van der Waals surface area contributed by atoms with Crippen LogP contribution in [0.1, 0.15) is 28.3 Å². The van der Waals surface area contributed by atoms with Gasteiger partial charge in [-0.2, -0.15) is 0 Å². The molecule has 0 saturated carbocycles. The smallest absolute Gasteiger partial charge is 0.146 e. The van der Waals surface area contributed by atoms with E-state index in [4.69, 9.17) is 9.15 Å². The molecule has 134 valence electrons. The summed E-state index contributed by atoms with van der Waals surface area (Å²) in [6.45, 7) is 10.1. The summed E-state index contributed by atoms with van der Waals surface area (Å²) in [5.41, 5.74) is 8.17. The quantitative estimate of drug-likeness (QED) is 0.796. The molecule has 2 aromatic heterocycles. The first-order valence-corrected chi connectivity index (χ1v) is 8.87. The first kappa shape index (κ1) is 16.9. The van der Waals surface area contributed by atoms with Crippen molar-refractivity contribution < 1.29 is 9.15 Å². The highest BCUT2D eigenvalue weighted by Crippen LogP contribution is 2.38. The van der Waals surface area contributed by atoms with Gasteiger partial charge >= 0.3 is 0 Å². The van der Waals surface area contributed by atoms with Gasteiger partial charge in [0, 0.05) is 43.8 Å². The minimum absolute atomic E-state index is 0.780. The van der Waals surface area contributed by atoms with Crippen molar-refractivity contribution in [3.8, 4) is 0 Å². The summed E-state index contributed by atoms with van der Waals surface area (Å²) in [5.74, 6) is 1.83. The molecule has 5 heteroatoms. The van der Waals surface area contributed by atoms with E-state index in [0.29, 0.717) is 0 Å². The van der Waals surface area contributed by atoms with Crippen molar-refractivity contribution in [3.63, 3.8) is 0 Å². The van der Waals surface area contributed by atoms with Gasteiger partial charge < -0.3 is 14.1 Å². The molecule has 0 bridgehead atoms. The zero-order valence-corrected chi connectivity index (χ0v) is 15.3. The molecular formula is C21H23N3O2. The molecule has 4 heterocycles. The van der Waals surface area contributed by atoms with Gasteiger partial charge in [-0.15, -0.1) is 5.73 Å². The molecule has 0 N–H and O–H groups in total. The van der Waals surface area contributed by atoms with Gasteiger partial charge in [0.25, 0.3) is 0 Å². The molecule has 1 saturated heterocycles. The van der Waals surface area contributed by atoms with Crippen LogP contribution in [0, 0.1) is 6.92 Å². The number of hydrogen-bond acceptors (Lipinski definition) is 5. The van der Waals surface area contributed by atoms with Gasteiger partial charge in [-0.3, -0.25) is 9.88 Å². The van der Waals surface area contributed by atoms with E-state index in [9.17, 15) is 0 Å². The number of fused-ring (bicyclic) bond motifs is 1. The first-order chi connectivity index (χ1) is 12.7. The van der Waals surface area contributed by atoms with Gasteiger partial charge in [0.1, 0.15) is 11.5 Å². The number of ether oxygens (including phenoxy) is 1. The monoisotopic (exact) mass is 349 g/mol. The number of furan rings is 1. The van der Waals surface area contributed by atoms with Crippen molar-refractivity contribution in [3.05, 3.63) is 71.2 Å². The van der Waals surface area contributed by atoms with E-state index in [-0.39, 0.29) is 0 Å².